The van der Waals surface area contributed by atoms with Gasteiger partial charge in [0.15, 0.2) is 0 Å². The second kappa shape index (κ2) is 17.9. The fraction of sp³-hybridized carbons (Fsp3) is 0. The van der Waals surface area contributed by atoms with Gasteiger partial charge in [-0.1, -0.05) is 188 Å². The monoisotopic (exact) mass is 1120 g/mol. The molecule has 4 heterocycles. The van der Waals surface area contributed by atoms with Crippen molar-refractivity contribution in [2.45, 2.75) is 0 Å². The predicted octanol–water partition coefficient (Wildman–Crippen LogP) is 24.5. The summed E-state index contributed by atoms with van der Waals surface area (Å²) in [6.45, 7) is 0. The largest absolute Gasteiger partial charge is 0.456 e. The van der Waals surface area contributed by atoms with Gasteiger partial charge in [0.05, 0.1) is 0 Å². The highest BCUT2D eigenvalue weighted by atomic mass is 16.3. The Hall–Kier alpha value is -11.7. The maximum Gasteiger partial charge on any atom is 0.136 e. The number of fused-ring (bicyclic) bond motifs is 18. The molecule has 4 nitrogen and oxygen atoms in total. The van der Waals surface area contributed by atoms with Gasteiger partial charge in [-0.15, -0.1) is 0 Å². The van der Waals surface area contributed by atoms with E-state index in [0.717, 1.165) is 132 Å². The fourth-order valence-corrected chi connectivity index (χ4v) is 15.1. The molecule has 4 heteroatoms. The van der Waals surface area contributed by atoms with Crippen molar-refractivity contribution in [3.63, 3.8) is 0 Å². The van der Waals surface area contributed by atoms with Crippen LogP contribution in [-0.2, 0) is 0 Å². The van der Waals surface area contributed by atoms with Crippen molar-refractivity contribution in [3.05, 3.63) is 279 Å². The summed E-state index contributed by atoms with van der Waals surface area (Å²) in [6.07, 6.45) is 0. The van der Waals surface area contributed by atoms with E-state index >= 15 is 0 Å². The number of hydrogen-bond donors (Lipinski definition) is 0. The average Bonchev–Trinajstić information content (AvgIpc) is 1.18. The van der Waals surface area contributed by atoms with Crippen molar-refractivity contribution in [3.8, 4) is 55.6 Å². The number of benzene rings is 16. The molecule has 0 aliphatic heterocycles. The average molecular weight is 1120 g/mol. The summed E-state index contributed by atoms with van der Waals surface area (Å²) in [6, 6.07) is 101. The van der Waals surface area contributed by atoms with E-state index in [2.05, 4.69) is 267 Å². The van der Waals surface area contributed by atoms with Crippen LogP contribution in [-0.4, -0.2) is 0 Å². The summed E-state index contributed by atoms with van der Waals surface area (Å²) in [5, 5.41) is 23.1. The Kier molecular flexibility index (Phi) is 9.69. The Morgan fingerprint density at radius 3 is 0.977 bits per heavy atom. The molecule has 0 N–H and O–H groups in total. The van der Waals surface area contributed by atoms with Gasteiger partial charge in [0.1, 0.15) is 44.7 Å². The number of hydrogen-bond acceptors (Lipinski definition) is 4. The number of furan rings is 4. The highest BCUT2D eigenvalue weighted by Gasteiger charge is 2.23. The molecule has 20 rings (SSSR count). The first-order valence-corrected chi connectivity index (χ1v) is 30.1. The van der Waals surface area contributed by atoms with E-state index in [-0.39, 0.29) is 0 Å². The molecular weight excluding hydrogens is 1070 g/mol. The van der Waals surface area contributed by atoms with Gasteiger partial charge < -0.3 is 17.7 Å². The van der Waals surface area contributed by atoms with Crippen molar-refractivity contribution >= 4 is 152 Å². The third kappa shape index (κ3) is 6.85. The van der Waals surface area contributed by atoms with Gasteiger partial charge in [-0.3, -0.25) is 0 Å². The van der Waals surface area contributed by atoms with Gasteiger partial charge in [0.2, 0.25) is 0 Å². The Bertz CT molecular complexity index is 6330. The molecular formula is C84H46O4. The van der Waals surface area contributed by atoms with Gasteiger partial charge >= 0.3 is 0 Å². The maximum absolute atomic E-state index is 6.80. The third-order valence-corrected chi connectivity index (χ3v) is 19.0. The van der Waals surface area contributed by atoms with Crippen LogP contribution >= 0.6 is 0 Å². The Morgan fingerprint density at radius 2 is 0.455 bits per heavy atom. The van der Waals surface area contributed by atoms with E-state index < -0.39 is 0 Å². The minimum atomic E-state index is 0.846. The van der Waals surface area contributed by atoms with Gasteiger partial charge in [0, 0.05) is 43.1 Å². The molecule has 88 heavy (non-hydrogen) atoms. The van der Waals surface area contributed by atoms with Gasteiger partial charge in [-0.25, -0.2) is 0 Å². The molecule has 0 atom stereocenters. The molecule has 0 unspecified atom stereocenters. The fourth-order valence-electron chi connectivity index (χ4n) is 15.1. The van der Waals surface area contributed by atoms with Crippen LogP contribution in [0.4, 0.5) is 0 Å². The smallest absolute Gasteiger partial charge is 0.136 e. The lowest BCUT2D eigenvalue weighted by atomic mass is 9.85. The molecule has 0 saturated carbocycles. The molecule has 0 amide bonds. The van der Waals surface area contributed by atoms with Crippen LogP contribution in [0.3, 0.4) is 0 Å². The lowest BCUT2D eigenvalue weighted by molar-refractivity contribution is 0.668. The van der Waals surface area contributed by atoms with Crippen LogP contribution in [0.1, 0.15) is 0 Å². The number of para-hydroxylation sites is 1. The van der Waals surface area contributed by atoms with E-state index in [9.17, 15) is 0 Å². The van der Waals surface area contributed by atoms with E-state index in [4.69, 9.17) is 17.7 Å². The van der Waals surface area contributed by atoms with Crippen LogP contribution in [0.5, 0.6) is 0 Å². The zero-order valence-corrected chi connectivity index (χ0v) is 47.2. The second-order valence-electron chi connectivity index (χ2n) is 23.7. The molecule has 0 bridgehead atoms. The molecule has 406 valence electrons. The van der Waals surface area contributed by atoms with Gasteiger partial charge in [-0.2, -0.15) is 0 Å². The normalized spacial score (nSPS) is 12.3. The Morgan fingerprint density at radius 1 is 0.148 bits per heavy atom. The number of rotatable bonds is 5. The van der Waals surface area contributed by atoms with Crippen LogP contribution in [0.25, 0.3) is 208 Å². The molecule has 0 radical (unpaired) electrons. The topological polar surface area (TPSA) is 52.6 Å². The zero-order chi connectivity index (χ0) is 57.3. The quantitative estimate of drug-likeness (QED) is 0.161. The minimum absolute atomic E-state index is 0.846. The van der Waals surface area contributed by atoms with E-state index in [1.165, 1.54) is 76.1 Å². The van der Waals surface area contributed by atoms with Crippen LogP contribution in [0.15, 0.2) is 297 Å². The summed E-state index contributed by atoms with van der Waals surface area (Å²) < 4.78 is 26.5. The first kappa shape index (κ1) is 47.6. The molecule has 0 aliphatic rings. The summed E-state index contributed by atoms with van der Waals surface area (Å²) >= 11 is 0. The molecule has 0 saturated heterocycles. The lowest BCUT2D eigenvalue weighted by Crippen LogP contribution is -1.90. The Labute approximate surface area is 501 Å². The minimum Gasteiger partial charge on any atom is -0.456 e. The standard InChI is InChI=1S/C84H46O4/c1-2-15-48-43-79-70(38-47(48)14-1)58-34-29-54(45-78(58)88-79)84-65-24-9-7-22-63(65)82(64-23-8-10-25-66(64)84)52-31-36-75-69(41-52)57-33-28-50(44-77(57)86-75)55-26-13-16-49-39-72-71-42-53(32-37-76(71)87-80(72)46-67(49)55)83-61-20-5-3-18-59(61)81(60-19-4-6-21-62(60)83)51-30-35-74-68(40-51)56-17-11-12-27-73(56)85-74/h1-46H. The molecule has 20 aromatic rings. The predicted molar refractivity (Wildman–Crippen MR) is 368 cm³/mol. The van der Waals surface area contributed by atoms with E-state index in [1.54, 1.807) is 0 Å². The molecule has 4 aromatic heterocycles. The summed E-state index contributed by atoms with van der Waals surface area (Å²) in [5.41, 5.74) is 18.6. The summed E-state index contributed by atoms with van der Waals surface area (Å²) in [5.74, 6) is 0. The zero-order valence-electron chi connectivity index (χ0n) is 47.2. The first-order valence-electron chi connectivity index (χ1n) is 30.1. The second-order valence-corrected chi connectivity index (χ2v) is 23.7. The lowest BCUT2D eigenvalue weighted by Gasteiger charge is -2.18. The van der Waals surface area contributed by atoms with Crippen LogP contribution < -0.4 is 0 Å². The van der Waals surface area contributed by atoms with E-state index in [0.29, 0.717) is 0 Å². The molecule has 0 fully saturated rings. The Balaban J connectivity index is 0.677. The van der Waals surface area contributed by atoms with Crippen LogP contribution in [0, 0.1) is 0 Å². The van der Waals surface area contributed by atoms with Crippen molar-refractivity contribution in [1.29, 1.82) is 0 Å². The highest BCUT2D eigenvalue weighted by molar-refractivity contribution is 6.25. The third-order valence-electron chi connectivity index (χ3n) is 19.0. The maximum atomic E-state index is 6.80. The first-order chi connectivity index (χ1) is 43.6. The van der Waals surface area contributed by atoms with Crippen molar-refractivity contribution < 1.29 is 17.7 Å². The molecule has 0 spiro atoms. The van der Waals surface area contributed by atoms with Crippen molar-refractivity contribution in [1.82, 2.24) is 0 Å². The van der Waals surface area contributed by atoms with E-state index in [1.807, 2.05) is 12.1 Å². The summed E-state index contributed by atoms with van der Waals surface area (Å²) in [7, 11) is 0. The van der Waals surface area contributed by atoms with Crippen molar-refractivity contribution in [2.24, 2.45) is 0 Å². The van der Waals surface area contributed by atoms with Crippen molar-refractivity contribution in [2.75, 3.05) is 0 Å². The highest BCUT2D eigenvalue weighted by Crippen LogP contribution is 2.49. The molecule has 16 aromatic carbocycles. The summed E-state index contributed by atoms with van der Waals surface area (Å²) in [4.78, 5) is 0. The molecule has 0 aliphatic carbocycles. The SMILES string of the molecule is c1ccc2cc3c(cc2c1)oc1cc(-c2c4ccccc4c(-c4ccc5oc6cc(-c7cccc8cc9c(cc78)oc7ccc(-c8c%10ccccc%10c(-c%10ccc%11oc%12ccccc%12c%11c%10)c%10ccccc8%10)cc79)ccc6c5c4)c4ccccc24)ccc13. The van der Waals surface area contributed by atoms with Gasteiger partial charge in [0.25, 0.3) is 0 Å². The van der Waals surface area contributed by atoms with Crippen LogP contribution in [0.2, 0.25) is 0 Å². The van der Waals surface area contributed by atoms with Gasteiger partial charge in [-0.05, 0) is 211 Å².